The van der Waals surface area contributed by atoms with E-state index in [0.717, 1.165) is 43.5 Å². The predicted molar refractivity (Wildman–Crippen MR) is 152 cm³/mol. The van der Waals surface area contributed by atoms with Gasteiger partial charge in [0.2, 0.25) is 0 Å². The van der Waals surface area contributed by atoms with Crippen LogP contribution < -0.4 is 0 Å². The van der Waals surface area contributed by atoms with Crippen molar-refractivity contribution in [2.45, 2.75) is 69.0 Å². The first-order chi connectivity index (χ1) is 19.1. The first kappa shape index (κ1) is 27.9. The molecule has 7 heteroatoms. The van der Waals surface area contributed by atoms with Gasteiger partial charge in [-0.15, -0.1) is 0 Å². The number of rotatable bonds is 6. The number of benzene rings is 2. The molecular formula is C33H44N2O5. The summed E-state index contributed by atoms with van der Waals surface area (Å²) < 4.78 is 12.0. The lowest BCUT2D eigenvalue weighted by molar-refractivity contribution is -0.270. The lowest BCUT2D eigenvalue weighted by atomic mass is 9.49. The number of piperazine rings is 1. The van der Waals surface area contributed by atoms with Gasteiger partial charge >= 0.3 is 5.97 Å². The van der Waals surface area contributed by atoms with Crippen molar-refractivity contribution >= 4 is 5.97 Å². The van der Waals surface area contributed by atoms with E-state index in [9.17, 15) is 15.0 Å². The van der Waals surface area contributed by atoms with Crippen molar-refractivity contribution in [2.75, 3.05) is 39.8 Å². The van der Waals surface area contributed by atoms with Crippen molar-refractivity contribution in [1.82, 2.24) is 9.80 Å². The summed E-state index contributed by atoms with van der Waals surface area (Å²) in [6.07, 6.45) is 3.80. The van der Waals surface area contributed by atoms with E-state index in [2.05, 4.69) is 16.7 Å². The van der Waals surface area contributed by atoms with E-state index in [1.807, 2.05) is 67.6 Å². The monoisotopic (exact) mass is 548 g/mol. The van der Waals surface area contributed by atoms with Crippen LogP contribution in [0, 0.1) is 17.3 Å². The van der Waals surface area contributed by atoms with Crippen LogP contribution in [0.3, 0.4) is 0 Å². The van der Waals surface area contributed by atoms with Gasteiger partial charge in [0.1, 0.15) is 6.10 Å². The third-order valence-electron chi connectivity index (χ3n) is 11.1. The molecule has 216 valence electrons. The van der Waals surface area contributed by atoms with Gasteiger partial charge in [-0.05, 0) is 39.0 Å². The van der Waals surface area contributed by atoms with Crippen LogP contribution in [-0.2, 0) is 20.0 Å². The van der Waals surface area contributed by atoms with Gasteiger partial charge in [0.05, 0.1) is 17.1 Å². The summed E-state index contributed by atoms with van der Waals surface area (Å²) in [4.78, 5) is 17.7. The molecule has 4 aliphatic rings. The highest BCUT2D eigenvalue weighted by Crippen LogP contribution is 2.61. The molecule has 2 aromatic rings. The smallest absolute Gasteiger partial charge is 0.310 e. The number of hydrogen-bond acceptors (Lipinski definition) is 7. The van der Waals surface area contributed by atoms with Crippen molar-refractivity contribution in [3.05, 3.63) is 71.8 Å². The fourth-order valence-electron chi connectivity index (χ4n) is 8.50. The number of esters is 1. The van der Waals surface area contributed by atoms with Gasteiger partial charge in [0.15, 0.2) is 5.72 Å². The van der Waals surface area contributed by atoms with Crippen LogP contribution in [0.4, 0.5) is 0 Å². The molecule has 2 aliphatic heterocycles. The Labute approximate surface area is 238 Å². The number of ether oxygens (including phenoxy) is 2. The van der Waals surface area contributed by atoms with Crippen molar-refractivity contribution in [2.24, 2.45) is 17.3 Å². The summed E-state index contributed by atoms with van der Waals surface area (Å²) in [5.41, 5.74) is -1.49. The zero-order chi connectivity index (χ0) is 28.2. The number of aliphatic hydroxyl groups is 2. The van der Waals surface area contributed by atoms with E-state index in [1.54, 1.807) is 7.11 Å². The summed E-state index contributed by atoms with van der Waals surface area (Å²) in [5, 5.41) is 24.4. The quantitative estimate of drug-likeness (QED) is 0.532. The van der Waals surface area contributed by atoms with Crippen LogP contribution in [0.25, 0.3) is 0 Å². The van der Waals surface area contributed by atoms with Crippen LogP contribution in [0.2, 0.25) is 0 Å². The molecule has 0 bridgehead atoms. The van der Waals surface area contributed by atoms with E-state index in [4.69, 9.17) is 9.47 Å². The normalized spacial score (nSPS) is 37.0. The number of hydrogen-bond donors (Lipinski definition) is 2. The lowest BCUT2D eigenvalue weighted by Crippen LogP contribution is -2.69. The molecule has 0 unspecified atom stereocenters. The molecule has 2 saturated heterocycles. The third kappa shape index (κ3) is 4.24. The second-order valence-corrected chi connectivity index (χ2v) is 13.1. The highest BCUT2D eigenvalue weighted by molar-refractivity contribution is 5.75. The third-order valence-corrected chi connectivity index (χ3v) is 11.1. The number of fused-ring (bicyclic) bond motifs is 2. The summed E-state index contributed by atoms with van der Waals surface area (Å²) in [5.74, 6) is -0.426. The number of carbonyl (C=O) groups excluding carboxylic acids is 1. The van der Waals surface area contributed by atoms with Gasteiger partial charge in [0.25, 0.3) is 0 Å². The zero-order valence-electron chi connectivity index (χ0n) is 24.1. The molecule has 40 heavy (non-hydrogen) atoms. The van der Waals surface area contributed by atoms with Crippen molar-refractivity contribution in [3.63, 3.8) is 0 Å². The Morgan fingerprint density at radius 2 is 1.55 bits per heavy atom. The number of nitrogens with zero attached hydrogens (tertiary/aromatic N) is 2. The zero-order valence-corrected chi connectivity index (χ0v) is 24.1. The van der Waals surface area contributed by atoms with Gasteiger partial charge in [-0.1, -0.05) is 67.6 Å². The van der Waals surface area contributed by atoms with Crippen LogP contribution in [0.15, 0.2) is 60.7 Å². The van der Waals surface area contributed by atoms with Crippen LogP contribution in [0.1, 0.15) is 57.1 Å². The molecule has 2 saturated carbocycles. The number of carbonyl (C=O) groups is 1. The van der Waals surface area contributed by atoms with Gasteiger partial charge in [-0.3, -0.25) is 14.6 Å². The molecule has 0 spiro atoms. The lowest BCUT2D eigenvalue weighted by Gasteiger charge is -2.62. The minimum atomic E-state index is -1.23. The van der Waals surface area contributed by atoms with E-state index < -0.39 is 16.9 Å². The standard InChI is InChI=1S/C33H44N2O5/c1-30-15-10-16-31(2,39-3)32(30,37)21-26-27(29(36)40-28(26)22-30)23-34-17-19-35(20-18-34)33(38,24-11-6-4-7-12-24)25-13-8-5-9-14-25/h4-9,11-14,26-28,37-38H,10,15-23H2,1-3H3/t26-,27-,28+,30+,31+,32+/m0/s1. The molecule has 2 heterocycles. The number of methoxy groups -OCH3 is 1. The van der Waals surface area contributed by atoms with Gasteiger partial charge in [-0.25, -0.2) is 0 Å². The Bertz CT molecular complexity index is 1160. The molecule has 0 aromatic heterocycles. The van der Waals surface area contributed by atoms with Crippen molar-refractivity contribution in [1.29, 1.82) is 0 Å². The topological polar surface area (TPSA) is 82.5 Å². The Morgan fingerprint density at radius 3 is 2.12 bits per heavy atom. The average Bonchev–Trinajstić information content (AvgIpc) is 3.26. The van der Waals surface area contributed by atoms with E-state index in [0.29, 0.717) is 32.5 Å². The predicted octanol–water partition coefficient (Wildman–Crippen LogP) is 3.78. The first-order valence-electron chi connectivity index (χ1n) is 14.9. The molecule has 7 nitrogen and oxygen atoms in total. The average molecular weight is 549 g/mol. The molecule has 2 aromatic carbocycles. The molecule has 2 aliphatic carbocycles. The Hall–Kier alpha value is -2.29. The Kier molecular flexibility index (Phi) is 7.11. The molecule has 6 atom stereocenters. The maximum Gasteiger partial charge on any atom is 0.310 e. The Morgan fingerprint density at radius 1 is 0.950 bits per heavy atom. The highest BCUT2D eigenvalue weighted by atomic mass is 16.6. The fraction of sp³-hybridized carbons (Fsp3) is 0.606. The first-order valence-corrected chi connectivity index (χ1v) is 14.9. The van der Waals surface area contributed by atoms with Crippen LogP contribution >= 0.6 is 0 Å². The Balaban J connectivity index is 1.18. The molecular weight excluding hydrogens is 504 g/mol. The summed E-state index contributed by atoms with van der Waals surface area (Å²) >= 11 is 0. The summed E-state index contributed by atoms with van der Waals surface area (Å²) in [7, 11) is 1.70. The van der Waals surface area contributed by atoms with Crippen molar-refractivity contribution in [3.8, 4) is 0 Å². The van der Waals surface area contributed by atoms with Gasteiger partial charge in [-0.2, -0.15) is 0 Å². The maximum absolute atomic E-state index is 13.2. The molecule has 0 amide bonds. The van der Waals surface area contributed by atoms with Gasteiger partial charge < -0.3 is 19.7 Å². The van der Waals surface area contributed by atoms with E-state index in [1.165, 1.54) is 0 Å². The summed E-state index contributed by atoms with van der Waals surface area (Å²) in [6, 6.07) is 19.7. The van der Waals surface area contributed by atoms with E-state index in [-0.39, 0.29) is 29.3 Å². The molecule has 6 rings (SSSR count). The highest BCUT2D eigenvalue weighted by Gasteiger charge is 2.67. The van der Waals surface area contributed by atoms with Crippen molar-refractivity contribution < 1.29 is 24.5 Å². The molecule has 4 fully saturated rings. The van der Waals surface area contributed by atoms with Crippen LogP contribution in [-0.4, -0.2) is 83.1 Å². The fourth-order valence-corrected chi connectivity index (χ4v) is 8.50. The summed E-state index contributed by atoms with van der Waals surface area (Å²) in [6.45, 7) is 7.61. The van der Waals surface area contributed by atoms with Gasteiger partial charge in [0, 0.05) is 62.3 Å². The second kappa shape index (κ2) is 10.2. The minimum absolute atomic E-state index is 0.0262. The molecule has 2 N–H and O–H groups in total. The molecule has 0 radical (unpaired) electrons. The van der Waals surface area contributed by atoms with E-state index >= 15 is 0 Å². The maximum atomic E-state index is 13.2. The minimum Gasteiger partial charge on any atom is -0.462 e. The largest absolute Gasteiger partial charge is 0.462 e. The second-order valence-electron chi connectivity index (χ2n) is 13.1. The van der Waals surface area contributed by atoms with Crippen LogP contribution in [0.5, 0.6) is 0 Å². The SMILES string of the molecule is CO[C@]1(C)CCC[C@]2(C)C[C@H]3OC(=O)[C@@H](CN4CCN(C(O)(c5ccccc5)c5ccccc5)CC4)[C@@H]3C[C@@]21O.